The second kappa shape index (κ2) is 9.14. The first-order valence-electron chi connectivity index (χ1n) is 7.70. The van der Waals surface area contributed by atoms with Gasteiger partial charge in [0.05, 0.1) is 12.7 Å². The van der Waals surface area contributed by atoms with Crippen molar-refractivity contribution in [2.24, 2.45) is 0 Å². The number of allylic oxidation sites excluding steroid dienone is 1. The second-order valence-electron chi connectivity index (χ2n) is 5.46. The largest absolute Gasteiger partial charge is 0.374 e. The van der Waals surface area contributed by atoms with Crippen LogP contribution in [0.3, 0.4) is 0 Å². The number of morpholine rings is 1. The topological polar surface area (TPSA) is 84.1 Å². The summed E-state index contributed by atoms with van der Waals surface area (Å²) in [5.41, 5.74) is 1.24. The summed E-state index contributed by atoms with van der Waals surface area (Å²) in [5.74, 6) is 0.429. The molecule has 2 N–H and O–H groups in total. The Labute approximate surface area is 147 Å². The van der Waals surface area contributed by atoms with E-state index in [9.17, 15) is 0 Å². The lowest BCUT2D eigenvalue weighted by atomic mass is 10.2. The molecule has 1 aliphatic heterocycles. The van der Waals surface area contributed by atoms with E-state index in [1.165, 1.54) is 5.56 Å². The fourth-order valence-electron chi connectivity index (χ4n) is 2.55. The van der Waals surface area contributed by atoms with E-state index in [1.54, 1.807) is 7.05 Å². The minimum Gasteiger partial charge on any atom is -0.374 e. The van der Waals surface area contributed by atoms with Crippen molar-refractivity contribution in [3.8, 4) is 12.1 Å². The lowest BCUT2D eigenvalue weighted by Crippen LogP contribution is -2.46. The van der Waals surface area contributed by atoms with Gasteiger partial charge in [-0.05, 0) is 17.7 Å². The standard InChI is InChI=1S/C17H20ClN5O/c1-21-17(14(8-19)9-20)22-10-16-12-23(6-7-24-16)11-13-2-4-15(18)5-3-13/h2-5,16,21-22H,6-7,10-12H2,1H3. The van der Waals surface area contributed by atoms with Gasteiger partial charge in [-0.15, -0.1) is 0 Å². The van der Waals surface area contributed by atoms with Crippen molar-refractivity contribution in [1.29, 1.82) is 10.5 Å². The number of halogens is 1. The quantitative estimate of drug-likeness (QED) is 0.762. The molecule has 1 fully saturated rings. The van der Waals surface area contributed by atoms with Gasteiger partial charge in [0.25, 0.3) is 0 Å². The fourth-order valence-corrected chi connectivity index (χ4v) is 2.68. The summed E-state index contributed by atoms with van der Waals surface area (Å²) in [5, 5.41) is 24.5. The molecule has 0 bridgehead atoms. The van der Waals surface area contributed by atoms with E-state index in [1.807, 2.05) is 36.4 Å². The molecule has 2 rings (SSSR count). The summed E-state index contributed by atoms with van der Waals surface area (Å²) in [4.78, 5) is 2.32. The van der Waals surface area contributed by atoms with Crippen molar-refractivity contribution in [3.05, 3.63) is 46.2 Å². The van der Waals surface area contributed by atoms with Crippen molar-refractivity contribution in [3.63, 3.8) is 0 Å². The lowest BCUT2D eigenvalue weighted by molar-refractivity contribution is -0.0290. The zero-order chi connectivity index (χ0) is 17.4. The Hall–Kier alpha value is -2.25. The zero-order valence-electron chi connectivity index (χ0n) is 13.6. The number of hydrogen-bond acceptors (Lipinski definition) is 6. The molecule has 1 saturated heterocycles. The molecule has 0 spiro atoms. The molecule has 0 amide bonds. The summed E-state index contributed by atoms with van der Waals surface area (Å²) in [7, 11) is 1.67. The molecule has 1 aromatic rings. The molecular weight excluding hydrogens is 326 g/mol. The lowest BCUT2D eigenvalue weighted by Gasteiger charge is -2.33. The number of hydrogen-bond donors (Lipinski definition) is 2. The maximum atomic E-state index is 8.93. The molecule has 24 heavy (non-hydrogen) atoms. The van der Waals surface area contributed by atoms with E-state index < -0.39 is 0 Å². The van der Waals surface area contributed by atoms with Gasteiger partial charge >= 0.3 is 0 Å². The van der Waals surface area contributed by atoms with Gasteiger partial charge in [0.2, 0.25) is 0 Å². The van der Waals surface area contributed by atoms with Crippen LogP contribution in [0.5, 0.6) is 0 Å². The monoisotopic (exact) mass is 345 g/mol. The van der Waals surface area contributed by atoms with Crippen LogP contribution < -0.4 is 10.6 Å². The first-order chi connectivity index (χ1) is 11.7. The summed E-state index contributed by atoms with van der Waals surface area (Å²) in [6.45, 7) is 3.67. The van der Waals surface area contributed by atoms with E-state index in [-0.39, 0.29) is 11.7 Å². The van der Waals surface area contributed by atoms with Crippen LogP contribution in [0.2, 0.25) is 5.02 Å². The average molecular weight is 346 g/mol. The Morgan fingerprint density at radius 2 is 2.04 bits per heavy atom. The maximum Gasteiger partial charge on any atom is 0.169 e. The van der Waals surface area contributed by atoms with E-state index >= 15 is 0 Å². The van der Waals surface area contributed by atoms with E-state index in [0.717, 1.165) is 24.7 Å². The van der Waals surface area contributed by atoms with Crippen LogP contribution >= 0.6 is 11.6 Å². The Morgan fingerprint density at radius 1 is 1.33 bits per heavy atom. The minimum atomic E-state index is -0.00645. The molecule has 0 radical (unpaired) electrons. The Morgan fingerprint density at radius 3 is 2.67 bits per heavy atom. The van der Waals surface area contributed by atoms with Crippen LogP contribution in [0.25, 0.3) is 0 Å². The molecule has 0 aliphatic carbocycles. The van der Waals surface area contributed by atoms with Crippen LogP contribution in [0.15, 0.2) is 35.7 Å². The molecular formula is C17H20ClN5O. The molecule has 1 aliphatic rings. The number of nitriles is 2. The molecule has 0 saturated carbocycles. The third-order valence-electron chi connectivity index (χ3n) is 3.77. The van der Waals surface area contributed by atoms with Crippen LogP contribution in [0.4, 0.5) is 0 Å². The molecule has 1 heterocycles. The van der Waals surface area contributed by atoms with E-state index in [4.69, 9.17) is 26.9 Å². The minimum absolute atomic E-state index is 0.00645. The molecule has 1 atom stereocenters. The second-order valence-corrected chi connectivity index (χ2v) is 5.90. The number of nitrogens with one attached hydrogen (secondary N) is 2. The van der Waals surface area contributed by atoms with Gasteiger partial charge in [0, 0.05) is 38.2 Å². The van der Waals surface area contributed by atoms with Crippen LogP contribution in [-0.2, 0) is 11.3 Å². The Balaban J connectivity index is 1.89. The van der Waals surface area contributed by atoms with Crippen molar-refractivity contribution < 1.29 is 4.74 Å². The molecule has 126 valence electrons. The number of nitrogens with zero attached hydrogens (tertiary/aromatic N) is 3. The zero-order valence-corrected chi connectivity index (χ0v) is 14.3. The molecule has 7 heteroatoms. The average Bonchev–Trinajstić information content (AvgIpc) is 2.61. The first kappa shape index (κ1) is 18.1. The molecule has 1 unspecified atom stereocenters. The van der Waals surface area contributed by atoms with Gasteiger partial charge in [-0.2, -0.15) is 10.5 Å². The van der Waals surface area contributed by atoms with Crippen molar-refractivity contribution in [1.82, 2.24) is 15.5 Å². The highest BCUT2D eigenvalue weighted by atomic mass is 35.5. The van der Waals surface area contributed by atoms with Gasteiger partial charge in [-0.1, -0.05) is 23.7 Å². The highest BCUT2D eigenvalue weighted by molar-refractivity contribution is 6.30. The van der Waals surface area contributed by atoms with Gasteiger partial charge in [-0.3, -0.25) is 4.90 Å². The summed E-state index contributed by atoms with van der Waals surface area (Å²) in [6, 6.07) is 11.6. The van der Waals surface area contributed by atoms with E-state index in [0.29, 0.717) is 19.0 Å². The predicted octanol–water partition coefficient (Wildman–Crippen LogP) is 1.61. The Kier molecular flexibility index (Phi) is 6.89. The normalized spacial score (nSPS) is 17.4. The fraction of sp³-hybridized carbons (Fsp3) is 0.412. The van der Waals surface area contributed by atoms with Gasteiger partial charge < -0.3 is 15.4 Å². The van der Waals surface area contributed by atoms with Crippen LogP contribution in [0.1, 0.15) is 5.56 Å². The van der Waals surface area contributed by atoms with E-state index in [2.05, 4.69) is 15.5 Å². The first-order valence-corrected chi connectivity index (χ1v) is 8.08. The van der Waals surface area contributed by atoms with Gasteiger partial charge in [0.1, 0.15) is 18.0 Å². The van der Waals surface area contributed by atoms with Crippen molar-refractivity contribution in [2.45, 2.75) is 12.6 Å². The molecule has 0 aromatic heterocycles. The number of benzene rings is 1. The number of ether oxygens (including phenoxy) is 1. The van der Waals surface area contributed by atoms with Crippen molar-refractivity contribution in [2.75, 3.05) is 33.3 Å². The SMILES string of the molecule is CNC(NCC1CN(Cc2ccc(Cl)cc2)CCO1)=C(C#N)C#N. The van der Waals surface area contributed by atoms with Crippen molar-refractivity contribution >= 4 is 11.6 Å². The Bertz CT molecular complexity index is 643. The maximum absolute atomic E-state index is 8.93. The summed E-state index contributed by atoms with van der Waals surface area (Å²) < 4.78 is 5.77. The smallest absolute Gasteiger partial charge is 0.169 e. The van der Waals surface area contributed by atoms with Gasteiger partial charge in [-0.25, -0.2) is 0 Å². The van der Waals surface area contributed by atoms with Crippen LogP contribution in [0, 0.1) is 22.7 Å². The highest BCUT2D eigenvalue weighted by Gasteiger charge is 2.21. The number of rotatable bonds is 6. The summed E-state index contributed by atoms with van der Waals surface area (Å²) >= 11 is 5.91. The third kappa shape index (κ3) is 5.14. The molecule has 6 nitrogen and oxygen atoms in total. The summed E-state index contributed by atoms with van der Waals surface area (Å²) in [6.07, 6.45) is -0.00645. The molecule has 1 aromatic carbocycles. The highest BCUT2D eigenvalue weighted by Crippen LogP contribution is 2.14. The van der Waals surface area contributed by atoms with Gasteiger partial charge in [0.15, 0.2) is 5.57 Å². The van der Waals surface area contributed by atoms with Crippen LogP contribution in [-0.4, -0.2) is 44.3 Å². The predicted molar refractivity (Wildman–Crippen MR) is 91.8 cm³/mol. The third-order valence-corrected chi connectivity index (χ3v) is 4.02.